The molecule has 4 saturated carbocycles. The molecule has 0 aromatic carbocycles. The maximum atomic E-state index is 14.8. The van der Waals surface area contributed by atoms with Crippen LogP contribution in [0, 0.1) is 22.7 Å². The lowest BCUT2D eigenvalue weighted by molar-refractivity contribution is -0.144. The molecule has 51 heavy (non-hydrogen) atoms. The molecule has 5 fully saturated rings. The standard InChI is InChI=1S/C38H63N5O7S/c1-8-12-27(29(45)32(47)39-24-13-14-24)40-31(46)28-25-15-18-37(19-20-37)26(25)21-43(28)33(48)30(35(2,3)4)41-34(49)42-38(16-10-9-11-17-38)22-51(50,23-44)36(5,6)7/h23-28,30,50H,8-22H2,1-7H3,(H,39,47)(H,40,46)(H2,41,42,49)/t25-,26-,27?,28-,30?/m0/s1. The molecular weight excluding hydrogens is 671 g/mol. The average molecular weight is 734 g/mol. The van der Waals surface area contributed by atoms with E-state index in [0.717, 1.165) is 57.8 Å². The number of nitrogens with zero attached hydrogens (tertiary/aromatic N) is 1. The molecule has 1 spiro atoms. The van der Waals surface area contributed by atoms with Crippen LogP contribution in [0.3, 0.4) is 0 Å². The van der Waals surface area contributed by atoms with E-state index in [1.54, 1.807) is 4.90 Å². The van der Waals surface area contributed by atoms with Crippen molar-refractivity contribution in [3.63, 3.8) is 0 Å². The minimum Gasteiger partial charge on any atom is -0.347 e. The molecule has 0 aromatic rings. The molecule has 1 aliphatic heterocycles. The summed E-state index contributed by atoms with van der Waals surface area (Å²) in [6.45, 7) is 13.5. The first-order valence-corrected chi connectivity index (χ1v) is 21.1. The van der Waals surface area contributed by atoms with Gasteiger partial charge in [-0.3, -0.25) is 24.0 Å². The molecule has 5 amide bonds. The van der Waals surface area contributed by atoms with Gasteiger partial charge in [0, 0.05) is 23.1 Å². The summed E-state index contributed by atoms with van der Waals surface area (Å²) < 4.78 is 10.9. The fourth-order valence-electron chi connectivity index (χ4n) is 8.93. The molecular formula is C38H63N5O7S. The Balaban J connectivity index is 1.37. The lowest BCUT2D eigenvalue weighted by atomic mass is 9.83. The minimum atomic E-state index is -2.73. The van der Waals surface area contributed by atoms with E-state index in [-0.39, 0.29) is 35.0 Å². The van der Waals surface area contributed by atoms with Crippen molar-refractivity contribution in [3.8, 4) is 0 Å². The van der Waals surface area contributed by atoms with Gasteiger partial charge in [-0.2, -0.15) is 0 Å². The number of carbonyl (C=O) groups excluding carboxylic acids is 6. The van der Waals surface area contributed by atoms with Crippen LogP contribution in [0.1, 0.15) is 132 Å². The topological polar surface area (TPSA) is 174 Å². The summed E-state index contributed by atoms with van der Waals surface area (Å²) in [6, 6.07) is -3.32. The van der Waals surface area contributed by atoms with Crippen molar-refractivity contribution in [1.29, 1.82) is 0 Å². The van der Waals surface area contributed by atoms with Gasteiger partial charge in [0.15, 0.2) is 5.62 Å². The number of amides is 5. The molecule has 12 nitrogen and oxygen atoms in total. The minimum absolute atomic E-state index is 0.0133. The molecule has 5 aliphatic rings. The van der Waals surface area contributed by atoms with Crippen molar-refractivity contribution in [2.45, 2.75) is 166 Å². The average Bonchev–Trinajstić information content (AvgIpc) is 3.96. The summed E-state index contributed by atoms with van der Waals surface area (Å²) in [5, 5.41) is 11.8. The molecule has 1 heterocycles. The molecule has 6 atom stereocenters. The monoisotopic (exact) mass is 733 g/mol. The zero-order valence-electron chi connectivity index (χ0n) is 31.9. The molecule has 0 bridgehead atoms. The maximum absolute atomic E-state index is 14.8. The van der Waals surface area contributed by atoms with E-state index in [1.165, 1.54) is 0 Å². The second-order valence-corrected chi connectivity index (χ2v) is 21.6. The third kappa shape index (κ3) is 8.44. The van der Waals surface area contributed by atoms with Crippen molar-refractivity contribution in [2.24, 2.45) is 22.7 Å². The predicted octanol–water partition coefficient (Wildman–Crippen LogP) is 4.82. The molecule has 3 unspecified atom stereocenters. The van der Waals surface area contributed by atoms with Crippen LogP contribution in [0.15, 0.2) is 0 Å². The third-order valence-electron chi connectivity index (χ3n) is 12.5. The van der Waals surface area contributed by atoms with Crippen molar-refractivity contribution in [2.75, 3.05) is 12.3 Å². The smallest absolute Gasteiger partial charge is 0.315 e. The Hall–Kier alpha value is -2.67. The molecule has 1 saturated heterocycles. The van der Waals surface area contributed by atoms with Gasteiger partial charge in [-0.15, -0.1) is 0 Å². The highest BCUT2D eigenvalue weighted by atomic mass is 32.3. The van der Waals surface area contributed by atoms with Gasteiger partial charge in [-0.1, -0.05) is 84.5 Å². The summed E-state index contributed by atoms with van der Waals surface area (Å²) >= 11 is 0. The van der Waals surface area contributed by atoms with Gasteiger partial charge >= 0.3 is 6.03 Å². The Kier molecular flexibility index (Phi) is 11.3. The Labute approximate surface area is 305 Å². The Bertz CT molecular complexity index is 1380. The van der Waals surface area contributed by atoms with E-state index in [4.69, 9.17) is 0 Å². The van der Waals surface area contributed by atoms with Gasteiger partial charge in [-0.05, 0) is 80.5 Å². The number of carbonyl (C=O) groups is 6. The largest absolute Gasteiger partial charge is 0.347 e. The first kappa shape index (κ1) is 39.5. The number of ketones is 1. The highest BCUT2D eigenvalue weighted by molar-refractivity contribution is 8.40. The van der Waals surface area contributed by atoms with Crippen LogP contribution >= 0.6 is 10.3 Å². The molecule has 4 aliphatic carbocycles. The van der Waals surface area contributed by atoms with Crippen LogP contribution in [-0.2, 0) is 24.0 Å². The summed E-state index contributed by atoms with van der Waals surface area (Å²) in [6.07, 6.45) is 10.4. The number of hydrogen-bond donors (Lipinski definition) is 5. The van der Waals surface area contributed by atoms with Crippen molar-refractivity contribution < 1.29 is 33.3 Å². The van der Waals surface area contributed by atoms with Gasteiger partial charge in [-0.25, -0.2) is 4.79 Å². The van der Waals surface area contributed by atoms with E-state index in [2.05, 4.69) is 21.3 Å². The fraction of sp³-hybridized carbons (Fsp3) is 0.842. The third-order valence-corrected chi connectivity index (χ3v) is 15.9. The Morgan fingerprint density at radius 3 is 2.10 bits per heavy atom. The van der Waals surface area contributed by atoms with Crippen LogP contribution in [0.4, 0.5) is 4.79 Å². The summed E-state index contributed by atoms with van der Waals surface area (Å²) in [7, 11) is -2.73. The Morgan fingerprint density at radius 2 is 1.57 bits per heavy atom. The highest BCUT2D eigenvalue weighted by Crippen LogP contribution is 2.66. The molecule has 5 N–H and O–H groups in total. The van der Waals surface area contributed by atoms with Crippen molar-refractivity contribution in [3.05, 3.63) is 0 Å². The van der Waals surface area contributed by atoms with Gasteiger partial charge in [0.2, 0.25) is 17.6 Å². The molecule has 5 rings (SSSR count). The van der Waals surface area contributed by atoms with Gasteiger partial charge in [0.1, 0.15) is 12.1 Å². The fourth-order valence-corrected chi connectivity index (χ4v) is 10.9. The predicted molar refractivity (Wildman–Crippen MR) is 199 cm³/mol. The number of Topliss-reactive ketones (excluding diaryl/α,β-unsaturated/α-hetero) is 1. The lowest BCUT2D eigenvalue weighted by Gasteiger charge is -2.49. The molecule has 13 heteroatoms. The number of fused-ring (bicyclic) bond motifs is 2. The number of hydrogen-bond acceptors (Lipinski definition) is 7. The summed E-state index contributed by atoms with van der Waals surface area (Å²) in [5.41, 5.74) is -0.734. The summed E-state index contributed by atoms with van der Waals surface area (Å²) in [5.74, 6) is -1.89. The number of likely N-dealkylation sites (tertiary alicyclic amines) is 1. The lowest BCUT2D eigenvalue weighted by Crippen LogP contribution is -2.63. The highest BCUT2D eigenvalue weighted by Gasteiger charge is 2.64. The van der Waals surface area contributed by atoms with Crippen LogP contribution in [0.5, 0.6) is 0 Å². The van der Waals surface area contributed by atoms with E-state index in [1.807, 2.05) is 48.5 Å². The van der Waals surface area contributed by atoms with Crippen LogP contribution in [-0.4, -0.2) is 91.4 Å². The SMILES string of the molecule is CCCC(NC(=O)[C@@H]1[C@H]2CCC3(CC3)[C@H]2CN1C(=O)C(NC(=O)NC1(CS(O)(C=O)C(C)(C)C)CCCCC1)C(C)(C)C)C(=O)C(=O)NC1CC1. The van der Waals surface area contributed by atoms with Gasteiger partial charge < -0.3 is 30.7 Å². The molecule has 0 aromatic heterocycles. The normalized spacial score (nSPS) is 28.0. The summed E-state index contributed by atoms with van der Waals surface area (Å²) in [4.78, 5) is 82.9. The van der Waals surface area contributed by atoms with Gasteiger partial charge in [0.25, 0.3) is 5.91 Å². The van der Waals surface area contributed by atoms with Gasteiger partial charge in [0.05, 0.1) is 11.6 Å². The van der Waals surface area contributed by atoms with E-state index in [0.29, 0.717) is 37.8 Å². The zero-order valence-corrected chi connectivity index (χ0v) is 32.7. The zero-order chi connectivity index (χ0) is 37.6. The number of rotatable bonds is 13. The number of urea groups is 1. The van der Waals surface area contributed by atoms with Crippen LogP contribution in [0.2, 0.25) is 0 Å². The molecule has 288 valence electrons. The first-order chi connectivity index (χ1) is 23.8. The van der Waals surface area contributed by atoms with Crippen molar-refractivity contribution >= 4 is 45.5 Å². The Morgan fingerprint density at radius 1 is 0.922 bits per heavy atom. The molecule has 0 radical (unpaired) electrons. The van der Waals surface area contributed by atoms with E-state index in [9.17, 15) is 33.3 Å². The van der Waals surface area contributed by atoms with Crippen LogP contribution in [0.25, 0.3) is 0 Å². The second-order valence-electron chi connectivity index (χ2n) is 18.4. The van der Waals surface area contributed by atoms with E-state index < -0.39 is 67.8 Å². The maximum Gasteiger partial charge on any atom is 0.315 e. The second kappa shape index (κ2) is 14.6. The first-order valence-electron chi connectivity index (χ1n) is 19.3. The quantitative estimate of drug-likeness (QED) is 0.133. The number of nitrogens with one attached hydrogen (secondary N) is 4. The van der Waals surface area contributed by atoms with E-state index >= 15 is 0 Å². The van der Waals surface area contributed by atoms with Crippen LogP contribution < -0.4 is 21.3 Å². The van der Waals surface area contributed by atoms with Crippen molar-refractivity contribution in [1.82, 2.24) is 26.2 Å².